The molecule has 0 unspecified atom stereocenters. The van der Waals surface area contributed by atoms with Gasteiger partial charge in [0.25, 0.3) is 5.56 Å². The van der Waals surface area contributed by atoms with Gasteiger partial charge in [0, 0.05) is 11.3 Å². The maximum absolute atomic E-state index is 13.6. The van der Waals surface area contributed by atoms with Gasteiger partial charge in [0.1, 0.15) is 17.2 Å². The molecule has 0 amide bonds. The second-order valence-electron chi connectivity index (χ2n) is 8.23. The van der Waals surface area contributed by atoms with Crippen LogP contribution in [0.25, 0.3) is 10.2 Å². The molecular weight excluding hydrogens is 422 g/mol. The third kappa shape index (κ3) is 4.94. The van der Waals surface area contributed by atoms with Crippen molar-refractivity contribution in [3.8, 4) is 0 Å². The molecule has 0 aliphatic heterocycles. The zero-order valence-corrected chi connectivity index (χ0v) is 19.7. The summed E-state index contributed by atoms with van der Waals surface area (Å²) < 4.78 is 7.04. The Hall–Kier alpha value is -2.51. The highest BCUT2D eigenvalue weighted by Gasteiger charge is 2.23. The topological polar surface area (TPSA) is 64.4 Å². The van der Waals surface area contributed by atoms with E-state index in [1.54, 1.807) is 15.9 Å². The van der Waals surface area contributed by atoms with Crippen LogP contribution in [0.15, 0.2) is 35.1 Å². The summed E-state index contributed by atoms with van der Waals surface area (Å²) in [5.74, 6) is 0.249. The van der Waals surface area contributed by atoms with E-state index in [0.717, 1.165) is 54.7 Å². The van der Waals surface area contributed by atoms with Crippen LogP contribution in [0.1, 0.15) is 48.5 Å². The van der Waals surface area contributed by atoms with Crippen molar-refractivity contribution in [1.29, 1.82) is 0 Å². The molecule has 0 saturated heterocycles. The quantitative estimate of drug-likeness (QED) is 0.459. The Labute approximate surface area is 192 Å². The molecule has 0 radical (unpaired) electrons. The van der Waals surface area contributed by atoms with Crippen LogP contribution in [0.2, 0.25) is 0 Å². The third-order valence-electron chi connectivity index (χ3n) is 6.20. The number of benzene rings is 1. The van der Waals surface area contributed by atoms with Crippen molar-refractivity contribution < 1.29 is 9.53 Å². The van der Waals surface area contributed by atoms with E-state index >= 15 is 0 Å². The molecule has 0 atom stereocenters. The molecule has 2 heterocycles. The second-order valence-corrected chi connectivity index (χ2v) is 9.31. The van der Waals surface area contributed by atoms with Gasteiger partial charge in [-0.25, -0.2) is 4.98 Å². The largest absolute Gasteiger partial charge is 0.464 e. The highest BCUT2D eigenvalue weighted by atomic mass is 32.1. The summed E-state index contributed by atoms with van der Waals surface area (Å²) in [7, 11) is 0. The van der Waals surface area contributed by atoms with Gasteiger partial charge in [-0.2, -0.15) is 0 Å². The van der Waals surface area contributed by atoms with Crippen molar-refractivity contribution >= 4 is 27.5 Å². The van der Waals surface area contributed by atoms with E-state index in [1.165, 1.54) is 4.88 Å². The highest BCUT2D eigenvalue weighted by molar-refractivity contribution is 7.18. The standard InChI is InChI=1S/C25H31N3O3S/c1-3-27(4-2)16-21-26-24-23(19-12-8-9-13-20(19)32-24)25(30)28(21)17-22(29)31-15-14-18-10-6-5-7-11-18/h5-7,10-11H,3-4,8-9,12-17H2,1-2H3. The molecule has 0 saturated carbocycles. The lowest BCUT2D eigenvalue weighted by molar-refractivity contribution is -0.144. The van der Waals surface area contributed by atoms with E-state index in [-0.39, 0.29) is 12.1 Å². The normalized spacial score (nSPS) is 13.5. The van der Waals surface area contributed by atoms with Crippen molar-refractivity contribution in [3.05, 3.63) is 62.5 Å². The Morgan fingerprint density at radius 2 is 1.91 bits per heavy atom. The lowest BCUT2D eigenvalue weighted by atomic mass is 9.97. The van der Waals surface area contributed by atoms with E-state index in [0.29, 0.717) is 30.8 Å². The molecule has 3 aromatic rings. The number of ether oxygens (including phenoxy) is 1. The molecule has 0 bridgehead atoms. The minimum atomic E-state index is -0.394. The van der Waals surface area contributed by atoms with Crippen molar-refractivity contribution in [3.63, 3.8) is 0 Å². The smallest absolute Gasteiger partial charge is 0.326 e. The van der Waals surface area contributed by atoms with Crippen LogP contribution >= 0.6 is 11.3 Å². The molecular formula is C25H31N3O3S. The van der Waals surface area contributed by atoms with Gasteiger partial charge in [-0.1, -0.05) is 44.2 Å². The monoisotopic (exact) mass is 453 g/mol. The van der Waals surface area contributed by atoms with E-state index in [9.17, 15) is 9.59 Å². The van der Waals surface area contributed by atoms with Crippen molar-refractivity contribution in [2.75, 3.05) is 19.7 Å². The average Bonchev–Trinajstić information content (AvgIpc) is 3.19. The molecule has 1 aliphatic rings. The zero-order chi connectivity index (χ0) is 22.5. The summed E-state index contributed by atoms with van der Waals surface area (Å²) >= 11 is 1.65. The molecule has 7 heteroatoms. The molecule has 6 nitrogen and oxygen atoms in total. The summed E-state index contributed by atoms with van der Waals surface area (Å²) in [5.41, 5.74) is 2.17. The fraction of sp³-hybridized carbons (Fsp3) is 0.480. The van der Waals surface area contributed by atoms with Crippen LogP contribution in [0.5, 0.6) is 0 Å². The summed E-state index contributed by atoms with van der Waals surface area (Å²) in [6.07, 6.45) is 4.85. The summed E-state index contributed by atoms with van der Waals surface area (Å²) in [4.78, 5) is 35.4. The average molecular weight is 454 g/mol. The number of fused-ring (bicyclic) bond motifs is 3. The van der Waals surface area contributed by atoms with Crippen LogP contribution in [0, 0.1) is 0 Å². The molecule has 1 aromatic carbocycles. The van der Waals surface area contributed by atoms with Gasteiger partial charge in [0.2, 0.25) is 0 Å². The Bertz CT molecular complexity index is 1130. The predicted molar refractivity (Wildman–Crippen MR) is 128 cm³/mol. The molecule has 0 N–H and O–H groups in total. The maximum Gasteiger partial charge on any atom is 0.326 e. The molecule has 0 spiro atoms. The number of hydrogen-bond donors (Lipinski definition) is 0. The van der Waals surface area contributed by atoms with Gasteiger partial charge in [0.15, 0.2) is 0 Å². The zero-order valence-electron chi connectivity index (χ0n) is 18.9. The fourth-order valence-electron chi connectivity index (χ4n) is 4.31. The number of carbonyl (C=O) groups excluding carboxylic acids is 1. The Balaban J connectivity index is 1.60. The fourth-order valence-corrected chi connectivity index (χ4v) is 5.58. The summed E-state index contributed by atoms with van der Waals surface area (Å²) in [6.45, 7) is 6.63. The number of aromatic nitrogens is 2. The minimum absolute atomic E-state index is 0.0994. The van der Waals surface area contributed by atoms with Gasteiger partial charge < -0.3 is 4.74 Å². The predicted octanol–water partition coefficient (Wildman–Crippen LogP) is 3.96. The van der Waals surface area contributed by atoms with Crippen LogP contribution in [-0.4, -0.2) is 40.1 Å². The van der Waals surface area contributed by atoms with Gasteiger partial charge in [-0.05, 0) is 49.9 Å². The van der Waals surface area contributed by atoms with Crippen LogP contribution in [-0.2, 0) is 41.9 Å². The van der Waals surface area contributed by atoms with Crippen LogP contribution in [0.4, 0.5) is 0 Å². The first-order valence-electron chi connectivity index (χ1n) is 11.6. The maximum atomic E-state index is 13.6. The van der Waals surface area contributed by atoms with Crippen molar-refractivity contribution in [1.82, 2.24) is 14.5 Å². The number of aryl methyl sites for hydroxylation is 2. The van der Waals surface area contributed by atoms with Gasteiger partial charge in [-0.15, -0.1) is 11.3 Å². The first-order chi connectivity index (χ1) is 15.6. The van der Waals surface area contributed by atoms with Crippen molar-refractivity contribution in [2.45, 2.75) is 59.0 Å². The van der Waals surface area contributed by atoms with Gasteiger partial charge in [-0.3, -0.25) is 19.1 Å². The van der Waals surface area contributed by atoms with E-state index in [1.807, 2.05) is 30.3 Å². The van der Waals surface area contributed by atoms with Crippen LogP contribution < -0.4 is 5.56 Å². The van der Waals surface area contributed by atoms with Gasteiger partial charge >= 0.3 is 5.97 Å². The number of carbonyl (C=O) groups is 1. The molecule has 2 aromatic heterocycles. The Kier molecular flexibility index (Phi) is 7.37. The Morgan fingerprint density at radius 1 is 1.16 bits per heavy atom. The minimum Gasteiger partial charge on any atom is -0.464 e. The number of hydrogen-bond acceptors (Lipinski definition) is 6. The number of thiophene rings is 1. The first kappa shape index (κ1) is 22.7. The van der Waals surface area contributed by atoms with Crippen LogP contribution in [0.3, 0.4) is 0 Å². The van der Waals surface area contributed by atoms with E-state index < -0.39 is 5.97 Å². The number of rotatable bonds is 9. The lowest BCUT2D eigenvalue weighted by Gasteiger charge is -2.20. The SMILES string of the molecule is CCN(CC)Cc1nc2sc3c(c2c(=O)n1CC(=O)OCCc1ccccc1)CCCC3. The molecule has 0 fully saturated rings. The molecule has 4 rings (SSSR count). The highest BCUT2D eigenvalue weighted by Crippen LogP contribution is 2.33. The van der Waals surface area contributed by atoms with Crippen molar-refractivity contribution in [2.24, 2.45) is 0 Å². The van der Waals surface area contributed by atoms with E-state index in [2.05, 4.69) is 18.7 Å². The van der Waals surface area contributed by atoms with Gasteiger partial charge in [0.05, 0.1) is 18.5 Å². The summed E-state index contributed by atoms with van der Waals surface area (Å²) in [5, 5.41) is 0.713. The Morgan fingerprint density at radius 3 is 2.66 bits per heavy atom. The number of nitrogens with zero attached hydrogens (tertiary/aromatic N) is 3. The summed E-state index contributed by atoms with van der Waals surface area (Å²) in [6, 6.07) is 9.93. The molecule has 1 aliphatic carbocycles. The lowest BCUT2D eigenvalue weighted by Crippen LogP contribution is -2.33. The molecule has 170 valence electrons. The van der Waals surface area contributed by atoms with E-state index in [4.69, 9.17) is 9.72 Å². The first-order valence-corrected chi connectivity index (χ1v) is 12.4. The second kappa shape index (κ2) is 10.4. The number of esters is 1. The molecule has 32 heavy (non-hydrogen) atoms. The third-order valence-corrected chi connectivity index (χ3v) is 7.38.